The molecule has 0 spiro atoms. The van der Waals surface area contributed by atoms with Crippen LogP contribution in [0.3, 0.4) is 0 Å². The van der Waals surface area contributed by atoms with Gasteiger partial charge in [0.25, 0.3) is 5.91 Å². The van der Waals surface area contributed by atoms with Crippen LogP contribution in [0.2, 0.25) is 5.02 Å². The van der Waals surface area contributed by atoms with Crippen molar-refractivity contribution in [2.24, 2.45) is 0 Å². The molecule has 0 radical (unpaired) electrons. The maximum absolute atomic E-state index is 11.7. The highest BCUT2D eigenvalue weighted by Crippen LogP contribution is 2.20. The van der Waals surface area contributed by atoms with Crippen LogP contribution in [0.5, 0.6) is 0 Å². The van der Waals surface area contributed by atoms with Crippen molar-refractivity contribution in [3.63, 3.8) is 0 Å². The molecule has 1 aromatic rings. The number of rotatable bonds is 8. The molecule has 0 bridgehead atoms. The number of amides is 2. The summed E-state index contributed by atoms with van der Waals surface area (Å²) in [4.78, 5) is 35.6. The number of likely N-dealkylation sites (N-methyl/N-ethyl adjacent to an activating group) is 2. The van der Waals surface area contributed by atoms with Crippen LogP contribution in [-0.4, -0.2) is 55.7 Å². The molecule has 0 aliphatic heterocycles. The fraction of sp³-hybridized carbons (Fsp3) is 0.400. The summed E-state index contributed by atoms with van der Waals surface area (Å²) in [6.45, 7) is -0.451. The minimum absolute atomic E-state index is 0.0753. The lowest BCUT2D eigenvalue weighted by atomic mass is 10.2. The number of carbonyl (C=O) groups is 3. The van der Waals surface area contributed by atoms with Crippen LogP contribution >= 0.6 is 23.4 Å². The zero-order chi connectivity index (χ0) is 17.2. The lowest BCUT2D eigenvalue weighted by Crippen LogP contribution is -2.39. The average molecular weight is 359 g/mol. The second kappa shape index (κ2) is 10.1. The molecule has 0 aliphatic carbocycles. The van der Waals surface area contributed by atoms with Crippen LogP contribution in [0.1, 0.15) is 5.56 Å². The summed E-state index contributed by atoms with van der Waals surface area (Å²) in [5.41, 5.74) is 0.938. The number of benzene rings is 1. The van der Waals surface area contributed by atoms with Gasteiger partial charge in [-0.25, -0.2) is 0 Å². The predicted octanol–water partition coefficient (Wildman–Crippen LogP) is 1.32. The summed E-state index contributed by atoms with van der Waals surface area (Å²) in [5, 5.41) is 3.06. The van der Waals surface area contributed by atoms with Crippen LogP contribution in [0.25, 0.3) is 0 Å². The first kappa shape index (κ1) is 19.3. The Labute approximate surface area is 144 Å². The van der Waals surface area contributed by atoms with Crippen molar-refractivity contribution in [2.75, 3.05) is 33.0 Å². The first-order valence-corrected chi connectivity index (χ1v) is 8.38. The van der Waals surface area contributed by atoms with Gasteiger partial charge in [0.2, 0.25) is 5.91 Å². The smallest absolute Gasteiger partial charge is 0.316 e. The lowest BCUT2D eigenvalue weighted by molar-refractivity contribution is -0.149. The summed E-state index contributed by atoms with van der Waals surface area (Å²) in [5.74, 6) is -0.499. The monoisotopic (exact) mass is 358 g/mol. The van der Waals surface area contributed by atoms with Gasteiger partial charge in [0.05, 0.1) is 12.3 Å². The number of nitrogens with one attached hydrogen (secondary N) is 1. The van der Waals surface area contributed by atoms with Gasteiger partial charge < -0.3 is 15.0 Å². The Morgan fingerprint density at radius 3 is 2.65 bits per heavy atom. The van der Waals surface area contributed by atoms with Gasteiger partial charge in [-0.3, -0.25) is 14.4 Å². The molecule has 0 aliphatic rings. The Balaban J connectivity index is 2.25. The van der Waals surface area contributed by atoms with E-state index in [2.05, 4.69) is 5.32 Å². The van der Waals surface area contributed by atoms with E-state index in [0.29, 0.717) is 10.8 Å². The highest BCUT2D eigenvalue weighted by molar-refractivity contribution is 7.99. The molecule has 0 unspecified atom stereocenters. The first-order chi connectivity index (χ1) is 10.9. The topological polar surface area (TPSA) is 75.7 Å². The van der Waals surface area contributed by atoms with Crippen molar-refractivity contribution in [1.82, 2.24) is 10.2 Å². The van der Waals surface area contributed by atoms with E-state index in [0.717, 1.165) is 5.56 Å². The minimum Gasteiger partial charge on any atom is -0.455 e. The molecule has 2 amide bonds. The number of hydrogen-bond acceptors (Lipinski definition) is 5. The second-order valence-corrected chi connectivity index (χ2v) is 6.06. The molecule has 1 rings (SSSR count). The van der Waals surface area contributed by atoms with E-state index in [1.54, 1.807) is 6.07 Å². The van der Waals surface area contributed by atoms with Crippen LogP contribution < -0.4 is 5.32 Å². The van der Waals surface area contributed by atoms with E-state index >= 15 is 0 Å². The molecule has 6 nitrogen and oxygen atoms in total. The van der Waals surface area contributed by atoms with E-state index in [4.69, 9.17) is 16.3 Å². The third-order valence-electron chi connectivity index (χ3n) is 2.88. The summed E-state index contributed by atoms with van der Waals surface area (Å²) in [6, 6.07) is 7.39. The number of esters is 1. The van der Waals surface area contributed by atoms with E-state index in [-0.39, 0.29) is 24.8 Å². The maximum atomic E-state index is 11.7. The highest BCUT2D eigenvalue weighted by atomic mass is 35.5. The third-order valence-corrected chi connectivity index (χ3v) is 4.20. The fourth-order valence-electron chi connectivity index (χ4n) is 1.54. The Bertz CT molecular complexity index is 568. The largest absolute Gasteiger partial charge is 0.455 e. The first-order valence-electron chi connectivity index (χ1n) is 6.85. The predicted molar refractivity (Wildman–Crippen MR) is 90.3 cm³/mol. The number of thioether (sulfide) groups is 1. The van der Waals surface area contributed by atoms with Crippen molar-refractivity contribution in [1.29, 1.82) is 0 Å². The molecular formula is C15H19ClN2O4S. The van der Waals surface area contributed by atoms with Gasteiger partial charge in [-0.2, -0.15) is 0 Å². The summed E-state index contributed by atoms with van der Waals surface area (Å²) in [7, 11) is 2.95. The molecular weight excluding hydrogens is 340 g/mol. The number of hydrogen-bond donors (Lipinski definition) is 1. The quantitative estimate of drug-likeness (QED) is 0.709. The summed E-state index contributed by atoms with van der Waals surface area (Å²) in [6.07, 6.45) is 0. The zero-order valence-electron chi connectivity index (χ0n) is 13.0. The lowest BCUT2D eigenvalue weighted by Gasteiger charge is -2.15. The van der Waals surface area contributed by atoms with Crippen LogP contribution in [0.4, 0.5) is 0 Å². The van der Waals surface area contributed by atoms with Gasteiger partial charge in [0.1, 0.15) is 0 Å². The Kier molecular flexibility index (Phi) is 8.50. The van der Waals surface area contributed by atoms with Crippen molar-refractivity contribution in [2.45, 2.75) is 5.75 Å². The molecule has 8 heteroatoms. The second-order valence-electron chi connectivity index (χ2n) is 4.67. The highest BCUT2D eigenvalue weighted by Gasteiger charge is 2.14. The molecule has 0 heterocycles. The molecule has 0 aromatic heterocycles. The standard InChI is InChI=1S/C15H19ClN2O4S/c1-17-13(19)7-18(2)14(20)8-22-15(21)10-23-9-11-5-3-4-6-12(11)16/h3-6H,7-10H2,1-2H3,(H,17,19). The molecule has 0 atom stereocenters. The summed E-state index contributed by atoms with van der Waals surface area (Å²) >= 11 is 7.37. The zero-order valence-corrected chi connectivity index (χ0v) is 14.6. The molecule has 0 saturated carbocycles. The van der Waals surface area contributed by atoms with Gasteiger partial charge >= 0.3 is 5.97 Å². The molecule has 1 aromatic carbocycles. The SMILES string of the molecule is CNC(=O)CN(C)C(=O)COC(=O)CSCc1ccccc1Cl. The van der Waals surface area contributed by atoms with Crippen molar-refractivity contribution in [3.8, 4) is 0 Å². The van der Waals surface area contributed by atoms with Crippen molar-refractivity contribution in [3.05, 3.63) is 34.9 Å². The minimum atomic E-state index is -0.483. The number of carbonyl (C=O) groups excluding carboxylic acids is 3. The van der Waals surface area contributed by atoms with Crippen LogP contribution in [0.15, 0.2) is 24.3 Å². The number of nitrogens with zero attached hydrogens (tertiary/aromatic N) is 1. The van der Waals surface area contributed by atoms with Crippen LogP contribution in [0, 0.1) is 0 Å². The van der Waals surface area contributed by atoms with Gasteiger partial charge in [-0.05, 0) is 11.6 Å². The number of halogens is 1. The molecule has 23 heavy (non-hydrogen) atoms. The van der Waals surface area contributed by atoms with E-state index in [9.17, 15) is 14.4 Å². The maximum Gasteiger partial charge on any atom is 0.316 e. The van der Waals surface area contributed by atoms with Crippen molar-refractivity contribution >= 4 is 41.1 Å². The number of ether oxygens (including phenoxy) is 1. The van der Waals surface area contributed by atoms with Gasteiger partial charge in [-0.15, -0.1) is 11.8 Å². The normalized spacial score (nSPS) is 10.0. The fourth-order valence-corrected chi connectivity index (χ4v) is 2.64. The molecule has 0 saturated heterocycles. The third kappa shape index (κ3) is 7.38. The molecule has 0 fully saturated rings. The van der Waals surface area contributed by atoms with Gasteiger partial charge in [0, 0.05) is 24.9 Å². The van der Waals surface area contributed by atoms with Gasteiger partial charge in [0.15, 0.2) is 6.61 Å². The van der Waals surface area contributed by atoms with E-state index < -0.39 is 11.9 Å². The van der Waals surface area contributed by atoms with Crippen molar-refractivity contribution < 1.29 is 19.1 Å². The van der Waals surface area contributed by atoms with E-state index in [1.807, 2.05) is 18.2 Å². The summed E-state index contributed by atoms with van der Waals surface area (Å²) < 4.78 is 4.89. The van der Waals surface area contributed by atoms with E-state index in [1.165, 1.54) is 30.8 Å². The van der Waals surface area contributed by atoms with Crippen LogP contribution in [-0.2, 0) is 24.9 Å². The molecule has 126 valence electrons. The Morgan fingerprint density at radius 1 is 1.30 bits per heavy atom. The average Bonchev–Trinajstić information content (AvgIpc) is 2.54. The Morgan fingerprint density at radius 2 is 2.00 bits per heavy atom. The molecule has 1 N–H and O–H groups in total. The Hall–Kier alpha value is -1.73. The van der Waals surface area contributed by atoms with Gasteiger partial charge in [-0.1, -0.05) is 29.8 Å².